The molecule has 0 saturated carbocycles. The van der Waals surface area contributed by atoms with Crippen molar-refractivity contribution in [1.29, 1.82) is 0 Å². The molecule has 66 valence electrons. The Morgan fingerprint density at radius 3 is 2.45 bits per heavy atom. The molecule has 2 nitrogen and oxygen atoms in total. The third-order valence-electron chi connectivity index (χ3n) is 2.71. The van der Waals surface area contributed by atoms with Crippen LogP contribution in [0.2, 0.25) is 0 Å². The number of aliphatic hydroxyl groups is 1. The Hall–Kier alpha value is -0.0800. The molecule has 0 unspecified atom stereocenters. The maximum atomic E-state index is 9.25. The quantitative estimate of drug-likeness (QED) is 0.652. The van der Waals surface area contributed by atoms with Crippen LogP contribution in [-0.2, 0) is 0 Å². The molecule has 0 aromatic heterocycles. The van der Waals surface area contributed by atoms with E-state index in [0.29, 0.717) is 6.04 Å². The number of rotatable bonds is 2. The zero-order valence-corrected chi connectivity index (χ0v) is 7.58. The normalized spacial score (nSPS) is 25.4. The zero-order valence-electron chi connectivity index (χ0n) is 7.58. The highest BCUT2D eigenvalue weighted by molar-refractivity contribution is 4.74. The summed E-state index contributed by atoms with van der Waals surface area (Å²) in [7, 11) is 0. The number of likely N-dealkylation sites (tertiary alicyclic amines) is 1. The summed E-state index contributed by atoms with van der Waals surface area (Å²) in [6, 6.07) is 0.697. The molecule has 0 amide bonds. The van der Waals surface area contributed by atoms with E-state index in [-0.39, 0.29) is 6.10 Å². The summed E-state index contributed by atoms with van der Waals surface area (Å²) in [6.07, 6.45) is 3.11. The molecular weight excluding hydrogens is 138 g/mol. The van der Waals surface area contributed by atoms with Crippen LogP contribution in [0.1, 0.15) is 33.1 Å². The molecule has 1 rings (SSSR count). The van der Waals surface area contributed by atoms with Gasteiger partial charge in [0.15, 0.2) is 0 Å². The second-order valence-corrected chi connectivity index (χ2v) is 3.52. The second kappa shape index (κ2) is 4.07. The van der Waals surface area contributed by atoms with Crippen molar-refractivity contribution < 1.29 is 5.11 Å². The van der Waals surface area contributed by atoms with Crippen molar-refractivity contribution in [2.45, 2.75) is 45.3 Å². The molecule has 1 heterocycles. The summed E-state index contributed by atoms with van der Waals surface area (Å²) in [5.41, 5.74) is 0. The van der Waals surface area contributed by atoms with Gasteiger partial charge in [-0.15, -0.1) is 0 Å². The van der Waals surface area contributed by atoms with Crippen LogP contribution in [-0.4, -0.2) is 35.2 Å². The minimum atomic E-state index is -0.0321. The van der Waals surface area contributed by atoms with Gasteiger partial charge < -0.3 is 10.0 Å². The molecule has 1 N–H and O–H groups in total. The van der Waals surface area contributed by atoms with Crippen LogP contribution in [0, 0.1) is 0 Å². The van der Waals surface area contributed by atoms with Crippen molar-refractivity contribution in [3.63, 3.8) is 0 Å². The lowest BCUT2D eigenvalue weighted by Gasteiger charge is -2.33. The first-order valence-corrected chi connectivity index (χ1v) is 4.66. The predicted octanol–water partition coefficient (Wildman–Crippen LogP) is 1.24. The van der Waals surface area contributed by atoms with Crippen molar-refractivity contribution in [3.8, 4) is 0 Å². The van der Waals surface area contributed by atoms with Gasteiger partial charge in [-0.1, -0.05) is 6.92 Å². The fraction of sp³-hybridized carbons (Fsp3) is 1.00. The van der Waals surface area contributed by atoms with Gasteiger partial charge in [-0.05, 0) is 26.2 Å². The lowest BCUT2D eigenvalue weighted by atomic mass is 10.1. The van der Waals surface area contributed by atoms with Crippen molar-refractivity contribution in [2.75, 3.05) is 13.1 Å². The molecule has 0 aromatic carbocycles. The van der Waals surface area contributed by atoms with Gasteiger partial charge >= 0.3 is 0 Å². The third kappa shape index (κ3) is 2.46. The first-order chi connectivity index (χ1) is 5.24. The van der Waals surface area contributed by atoms with E-state index in [9.17, 15) is 5.11 Å². The zero-order chi connectivity index (χ0) is 8.27. The first kappa shape index (κ1) is 9.01. The van der Waals surface area contributed by atoms with Crippen molar-refractivity contribution >= 4 is 0 Å². The number of aliphatic hydroxyl groups excluding tert-OH is 1. The molecule has 0 radical (unpaired) electrons. The lowest BCUT2D eigenvalue weighted by molar-refractivity contribution is 0.0639. The molecule has 1 aliphatic rings. The van der Waals surface area contributed by atoms with Gasteiger partial charge in [0, 0.05) is 19.1 Å². The molecule has 0 bridgehead atoms. The highest BCUT2D eigenvalue weighted by atomic mass is 16.3. The highest BCUT2D eigenvalue weighted by Gasteiger charge is 2.19. The maximum Gasteiger partial charge on any atom is 0.0564 e. The smallest absolute Gasteiger partial charge is 0.0564 e. The van der Waals surface area contributed by atoms with Gasteiger partial charge in [0.25, 0.3) is 0 Å². The molecule has 0 spiro atoms. The summed E-state index contributed by atoms with van der Waals surface area (Å²) >= 11 is 0. The Morgan fingerprint density at radius 1 is 1.45 bits per heavy atom. The predicted molar refractivity (Wildman–Crippen MR) is 46.6 cm³/mol. The maximum absolute atomic E-state index is 9.25. The second-order valence-electron chi connectivity index (χ2n) is 3.52. The molecule has 2 heteroatoms. The van der Waals surface area contributed by atoms with Gasteiger partial charge in [-0.3, -0.25) is 0 Å². The Bertz CT molecular complexity index is 108. The summed E-state index contributed by atoms with van der Waals surface area (Å²) in [5.74, 6) is 0. The van der Waals surface area contributed by atoms with E-state index in [0.717, 1.165) is 25.9 Å². The minimum absolute atomic E-state index is 0.0321. The van der Waals surface area contributed by atoms with E-state index in [1.165, 1.54) is 6.42 Å². The fourth-order valence-corrected chi connectivity index (χ4v) is 1.58. The highest BCUT2D eigenvalue weighted by Crippen LogP contribution is 2.13. The van der Waals surface area contributed by atoms with Crippen LogP contribution in [0.5, 0.6) is 0 Å². The van der Waals surface area contributed by atoms with Gasteiger partial charge in [-0.25, -0.2) is 0 Å². The van der Waals surface area contributed by atoms with Crippen LogP contribution in [0.4, 0.5) is 0 Å². The largest absolute Gasteiger partial charge is 0.393 e. The van der Waals surface area contributed by atoms with E-state index >= 15 is 0 Å². The van der Waals surface area contributed by atoms with Gasteiger partial charge in [-0.2, -0.15) is 0 Å². The number of piperidine rings is 1. The minimum Gasteiger partial charge on any atom is -0.393 e. The molecule has 1 aliphatic heterocycles. The van der Waals surface area contributed by atoms with Crippen molar-refractivity contribution in [1.82, 2.24) is 4.90 Å². The average molecular weight is 157 g/mol. The van der Waals surface area contributed by atoms with E-state index in [1.54, 1.807) is 0 Å². The molecule has 1 saturated heterocycles. The van der Waals surface area contributed by atoms with Crippen molar-refractivity contribution in [3.05, 3.63) is 0 Å². The Morgan fingerprint density at radius 2 is 2.00 bits per heavy atom. The van der Waals surface area contributed by atoms with E-state index in [1.807, 2.05) is 0 Å². The Labute approximate surface area is 69.2 Å². The molecule has 0 aliphatic carbocycles. The summed E-state index contributed by atoms with van der Waals surface area (Å²) in [6.45, 7) is 6.64. The van der Waals surface area contributed by atoms with Crippen LogP contribution in [0.3, 0.4) is 0 Å². The molecule has 1 atom stereocenters. The number of nitrogens with zero attached hydrogens (tertiary/aromatic N) is 1. The topological polar surface area (TPSA) is 23.5 Å². The monoisotopic (exact) mass is 157 g/mol. The van der Waals surface area contributed by atoms with E-state index < -0.39 is 0 Å². The third-order valence-corrected chi connectivity index (χ3v) is 2.71. The first-order valence-electron chi connectivity index (χ1n) is 4.66. The van der Waals surface area contributed by atoms with Crippen LogP contribution < -0.4 is 0 Å². The number of hydrogen-bond donors (Lipinski definition) is 1. The van der Waals surface area contributed by atoms with Crippen molar-refractivity contribution in [2.24, 2.45) is 0 Å². The Balaban J connectivity index is 2.27. The van der Waals surface area contributed by atoms with Gasteiger partial charge in [0.1, 0.15) is 0 Å². The average Bonchev–Trinajstić information content (AvgIpc) is 2.05. The SMILES string of the molecule is CC[C@@H](C)N1CCC(O)CC1. The van der Waals surface area contributed by atoms with Crippen LogP contribution >= 0.6 is 0 Å². The van der Waals surface area contributed by atoms with Gasteiger partial charge in [0.2, 0.25) is 0 Å². The summed E-state index contributed by atoms with van der Waals surface area (Å²) in [5, 5.41) is 9.25. The van der Waals surface area contributed by atoms with Crippen LogP contribution in [0.15, 0.2) is 0 Å². The number of hydrogen-bond acceptors (Lipinski definition) is 2. The Kier molecular flexibility index (Phi) is 3.34. The lowest BCUT2D eigenvalue weighted by Crippen LogP contribution is -2.41. The summed E-state index contributed by atoms with van der Waals surface area (Å²) in [4.78, 5) is 2.46. The summed E-state index contributed by atoms with van der Waals surface area (Å²) < 4.78 is 0. The van der Waals surface area contributed by atoms with Crippen LogP contribution in [0.25, 0.3) is 0 Å². The molecule has 1 fully saturated rings. The molecular formula is C9H19NO. The van der Waals surface area contributed by atoms with E-state index in [2.05, 4.69) is 18.7 Å². The fourth-order valence-electron chi connectivity index (χ4n) is 1.58. The molecule has 0 aromatic rings. The standard InChI is InChI=1S/C9H19NO/c1-3-8(2)10-6-4-9(11)5-7-10/h8-9,11H,3-7H2,1-2H3/t8-/m1/s1. The van der Waals surface area contributed by atoms with Gasteiger partial charge in [0.05, 0.1) is 6.10 Å². The molecule has 11 heavy (non-hydrogen) atoms. The van der Waals surface area contributed by atoms with E-state index in [4.69, 9.17) is 0 Å².